The van der Waals surface area contributed by atoms with Crippen LogP contribution < -0.4 is 0 Å². The third-order valence-corrected chi connectivity index (χ3v) is 12.2. The van der Waals surface area contributed by atoms with E-state index in [2.05, 4.69) is 34.6 Å². The number of hydrogen-bond acceptors (Lipinski definition) is 6. The molecule has 6 nitrogen and oxygen atoms in total. The van der Waals surface area contributed by atoms with Crippen LogP contribution in [0.15, 0.2) is 0 Å². The molecule has 0 aliphatic carbocycles. The third kappa shape index (κ3) is 47.5. The Kier molecular flexibility index (Phi) is 45.7. The number of esters is 3. The van der Waals surface area contributed by atoms with Crippen LogP contribution >= 0.6 is 0 Å². The van der Waals surface area contributed by atoms with Crippen molar-refractivity contribution in [1.29, 1.82) is 0 Å². The summed E-state index contributed by atoms with van der Waals surface area (Å²) in [7, 11) is 0. The molecule has 0 aromatic rings. The molecule has 0 aromatic heterocycles. The van der Waals surface area contributed by atoms with Crippen molar-refractivity contribution >= 4 is 17.9 Å². The molecule has 0 saturated carbocycles. The van der Waals surface area contributed by atoms with Crippen molar-refractivity contribution in [3.8, 4) is 0 Å². The first-order chi connectivity index (χ1) is 29.2. The minimum Gasteiger partial charge on any atom is -0.462 e. The second-order valence-electron chi connectivity index (χ2n) is 19.5. The van der Waals surface area contributed by atoms with Crippen LogP contribution in [0.4, 0.5) is 0 Å². The lowest BCUT2D eigenvalue weighted by Crippen LogP contribution is -2.30. The molecule has 0 spiro atoms. The molecular weight excluding hydrogens is 745 g/mol. The van der Waals surface area contributed by atoms with Crippen molar-refractivity contribution in [3.63, 3.8) is 0 Å². The van der Waals surface area contributed by atoms with E-state index in [0.29, 0.717) is 19.3 Å². The summed E-state index contributed by atoms with van der Waals surface area (Å²) in [5.41, 5.74) is 0. The first-order valence-corrected chi connectivity index (χ1v) is 26.7. The quantitative estimate of drug-likeness (QED) is 0.0345. The van der Waals surface area contributed by atoms with Gasteiger partial charge in [-0.2, -0.15) is 0 Å². The molecule has 0 amide bonds. The number of carbonyl (C=O) groups is 3. The van der Waals surface area contributed by atoms with Gasteiger partial charge in [0.2, 0.25) is 0 Å². The van der Waals surface area contributed by atoms with Gasteiger partial charge >= 0.3 is 17.9 Å². The minimum atomic E-state index is -0.762. The number of ether oxygens (including phenoxy) is 3. The van der Waals surface area contributed by atoms with Gasteiger partial charge in [-0.05, 0) is 31.1 Å². The molecular formula is C54H104O6. The molecule has 356 valence electrons. The van der Waals surface area contributed by atoms with E-state index < -0.39 is 6.10 Å². The Morgan fingerprint density at radius 1 is 0.317 bits per heavy atom. The smallest absolute Gasteiger partial charge is 0.306 e. The molecule has 0 N–H and O–H groups in total. The summed E-state index contributed by atoms with van der Waals surface area (Å²) in [5, 5.41) is 0. The Hall–Kier alpha value is -1.59. The van der Waals surface area contributed by atoms with Crippen molar-refractivity contribution < 1.29 is 28.6 Å². The molecule has 0 heterocycles. The van der Waals surface area contributed by atoms with Gasteiger partial charge in [-0.3, -0.25) is 14.4 Å². The molecule has 0 aromatic carbocycles. The highest BCUT2D eigenvalue weighted by Crippen LogP contribution is 2.17. The first kappa shape index (κ1) is 58.4. The van der Waals surface area contributed by atoms with Gasteiger partial charge in [-0.15, -0.1) is 0 Å². The first-order valence-electron chi connectivity index (χ1n) is 26.7. The zero-order chi connectivity index (χ0) is 44.0. The Morgan fingerprint density at radius 2 is 0.550 bits per heavy atom. The summed E-state index contributed by atoms with van der Waals surface area (Å²) in [6.07, 6.45) is 48.2. The van der Waals surface area contributed by atoms with Gasteiger partial charge < -0.3 is 14.2 Å². The highest BCUT2D eigenvalue weighted by atomic mass is 16.6. The van der Waals surface area contributed by atoms with Gasteiger partial charge in [0, 0.05) is 19.3 Å². The van der Waals surface area contributed by atoms with Gasteiger partial charge in [-0.1, -0.05) is 259 Å². The predicted octanol–water partition coefficient (Wildman–Crippen LogP) is 17.3. The highest BCUT2D eigenvalue weighted by molar-refractivity contribution is 5.71. The molecule has 0 saturated heterocycles. The fourth-order valence-corrected chi connectivity index (χ4v) is 8.17. The van der Waals surface area contributed by atoms with Crippen molar-refractivity contribution in [2.45, 2.75) is 304 Å². The minimum absolute atomic E-state index is 0.0645. The molecule has 0 aliphatic rings. The third-order valence-electron chi connectivity index (χ3n) is 12.2. The predicted molar refractivity (Wildman–Crippen MR) is 256 cm³/mol. The van der Waals surface area contributed by atoms with Crippen molar-refractivity contribution in [1.82, 2.24) is 0 Å². The second-order valence-corrected chi connectivity index (χ2v) is 19.5. The van der Waals surface area contributed by atoms with Crippen LogP contribution in [-0.2, 0) is 28.6 Å². The lowest BCUT2D eigenvalue weighted by Gasteiger charge is -2.18. The maximum atomic E-state index is 12.7. The van der Waals surface area contributed by atoms with Gasteiger partial charge in [0.05, 0.1) is 0 Å². The molecule has 0 bridgehead atoms. The average molecular weight is 849 g/mol. The second kappa shape index (κ2) is 46.9. The topological polar surface area (TPSA) is 78.9 Å². The monoisotopic (exact) mass is 849 g/mol. The Bertz CT molecular complexity index is 916. The summed E-state index contributed by atoms with van der Waals surface area (Å²) in [5.74, 6) is 0.747. The fourth-order valence-electron chi connectivity index (χ4n) is 8.17. The molecule has 1 atom stereocenters. The van der Waals surface area contributed by atoms with Crippen LogP contribution in [0.2, 0.25) is 0 Å². The number of unbranched alkanes of at least 4 members (excludes halogenated alkanes) is 33. The summed E-state index contributed by atoms with van der Waals surface area (Å²) in [6.45, 7) is 11.3. The van der Waals surface area contributed by atoms with E-state index in [1.54, 1.807) is 0 Å². The number of carbonyl (C=O) groups excluding carboxylic acids is 3. The summed E-state index contributed by atoms with van der Waals surface area (Å²) >= 11 is 0. The number of rotatable bonds is 48. The van der Waals surface area contributed by atoms with Crippen LogP contribution in [0.25, 0.3) is 0 Å². The Balaban J connectivity index is 4.22. The summed E-state index contributed by atoms with van der Waals surface area (Å²) in [6, 6.07) is 0. The zero-order valence-electron chi connectivity index (χ0n) is 41.1. The molecule has 0 fully saturated rings. The van der Waals surface area contributed by atoms with E-state index in [1.807, 2.05) is 0 Å². The van der Waals surface area contributed by atoms with Gasteiger partial charge in [0.1, 0.15) is 13.2 Å². The lowest BCUT2D eigenvalue weighted by molar-refractivity contribution is -0.167. The van der Waals surface area contributed by atoms with Crippen LogP contribution in [0.3, 0.4) is 0 Å². The van der Waals surface area contributed by atoms with Crippen molar-refractivity contribution in [2.24, 2.45) is 11.8 Å². The van der Waals surface area contributed by atoms with E-state index in [-0.39, 0.29) is 31.1 Å². The van der Waals surface area contributed by atoms with Crippen LogP contribution in [0.5, 0.6) is 0 Å². The zero-order valence-corrected chi connectivity index (χ0v) is 41.1. The SMILES string of the molecule is CCCCCCCCCCCCCCCCCCCC(=O)OC[C@@H](COC(=O)CCCCCCCCCCCCCCCC(C)C)OC(=O)CCCCCCCCC(C)C. The van der Waals surface area contributed by atoms with E-state index in [0.717, 1.165) is 69.6 Å². The molecule has 6 heteroatoms. The molecule has 0 rings (SSSR count). The van der Waals surface area contributed by atoms with Gasteiger partial charge in [0.15, 0.2) is 6.10 Å². The normalized spacial score (nSPS) is 12.1. The molecule has 60 heavy (non-hydrogen) atoms. The maximum Gasteiger partial charge on any atom is 0.306 e. The Labute approximate surface area is 374 Å². The van der Waals surface area contributed by atoms with Crippen LogP contribution in [0, 0.1) is 11.8 Å². The standard InChI is InChI=1S/C54H104O6/c1-6-7-8-9-10-11-12-13-14-15-16-19-22-25-28-34-39-44-52(55)58-47-51(60-54(57)46-41-36-31-30-33-38-43-50(4)5)48-59-53(56)45-40-35-29-26-23-20-17-18-21-24-27-32-37-42-49(2)3/h49-51H,6-48H2,1-5H3/t51-/m0/s1. The van der Waals surface area contributed by atoms with Gasteiger partial charge in [0.25, 0.3) is 0 Å². The fraction of sp³-hybridized carbons (Fsp3) is 0.944. The number of hydrogen-bond donors (Lipinski definition) is 0. The lowest BCUT2D eigenvalue weighted by atomic mass is 10.0. The van der Waals surface area contributed by atoms with Gasteiger partial charge in [-0.25, -0.2) is 0 Å². The largest absolute Gasteiger partial charge is 0.462 e. The molecule has 0 unspecified atom stereocenters. The van der Waals surface area contributed by atoms with E-state index in [4.69, 9.17) is 14.2 Å². The average Bonchev–Trinajstić information content (AvgIpc) is 3.22. The molecule has 0 radical (unpaired) electrons. The summed E-state index contributed by atoms with van der Waals surface area (Å²) < 4.78 is 16.8. The van der Waals surface area contributed by atoms with E-state index in [1.165, 1.54) is 186 Å². The van der Waals surface area contributed by atoms with E-state index >= 15 is 0 Å². The Morgan fingerprint density at radius 3 is 0.817 bits per heavy atom. The van der Waals surface area contributed by atoms with Crippen molar-refractivity contribution in [2.75, 3.05) is 13.2 Å². The van der Waals surface area contributed by atoms with Crippen LogP contribution in [-0.4, -0.2) is 37.2 Å². The maximum absolute atomic E-state index is 12.7. The molecule has 0 aliphatic heterocycles. The van der Waals surface area contributed by atoms with Crippen molar-refractivity contribution in [3.05, 3.63) is 0 Å². The summed E-state index contributed by atoms with van der Waals surface area (Å²) in [4.78, 5) is 37.9. The highest BCUT2D eigenvalue weighted by Gasteiger charge is 2.19. The van der Waals surface area contributed by atoms with E-state index in [9.17, 15) is 14.4 Å². The van der Waals surface area contributed by atoms with Crippen LogP contribution in [0.1, 0.15) is 298 Å².